The Morgan fingerprint density at radius 3 is 2.56 bits per heavy atom. The molecule has 1 aromatic carbocycles. The van der Waals surface area contributed by atoms with Crippen LogP contribution in [0.15, 0.2) is 33.9 Å². The minimum atomic E-state index is -0.139. The van der Waals surface area contributed by atoms with E-state index in [2.05, 4.69) is 15.5 Å². The summed E-state index contributed by atoms with van der Waals surface area (Å²) in [7, 11) is 0. The first-order chi connectivity index (χ1) is 12.1. The van der Waals surface area contributed by atoms with E-state index >= 15 is 0 Å². The van der Waals surface area contributed by atoms with Gasteiger partial charge in [-0.2, -0.15) is 0 Å². The maximum Gasteiger partial charge on any atom is 0.277 e. The zero-order valence-electron chi connectivity index (χ0n) is 14.2. The smallest absolute Gasteiger partial charge is 0.277 e. The summed E-state index contributed by atoms with van der Waals surface area (Å²) in [5, 5.41) is 11.3. The number of carbonyl (C=O) groups is 2. The number of hydrogen-bond acceptors (Lipinski definition) is 6. The van der Waals surface area contributed by atoms with Gasteiger partial charge < -0.3 is 9.73 Å². The molecule has 0 saturated heterocycles. The molecular weight excluding hydrogens is 338 g/mol. The van der Waals surface area contributed by atoms with E-state index in [9.17, 15) is 9.59 Å². The number of nitrogens with zero attached hydrogens (tertiary/aromatic N) is 2. The Morgan fingerprint density at radius 1 is 1.16 bits per heavy atom. The second-order valence-corrected chi connectivity index (χ2v) is 7.14. The molecule has 1 aliphatic rings. The van der Waals surface area contributed by atoms with E-state index in [0.29, 0.717) is 28.3 Å². The van der Waals surface area contributed by atoms with Gasteiger partial charge in [-0.15, -0.1) is 10.2 Å². The second kappa shape index (κ2) is 8.29. The van der Waals surface area contributed by atoms with Crippen LogP contribution in [0, 0.1) is 0 Å². The van der Waals surface area contributed by atoms with Gasteiger partial charge in [-0.3, -0.25) is 9.59 Å². The topological polar surface area (TPSA) is 85.1 Å². The van der Waals surface area contributed by atoms with Gasteiger partial charge >= 0.3 is 0 Å². The van der Waals surface area contributed by atoms with E-state index in [1.165, 1.54) is 37.9 Å². The van der Waals surface area contributed by atoms with Crippen molar-refractivity contribution in [1.82, 2.24) is 10.2 Å². The lowest BCUT2D eigenvalue weighted by atomic mass is 9.89. The van der Waals surface area contributed by atoms with Crippen LogP contribution < -0.4 is 5.32 Å². The van der Waals surface area contributed by atoms with Gasteiger partial charge in [0.25, 0.3) is 5.22 Å². The van der Waals surface area contributed by atoms with Crippen LogP contribution in [0.2, 0.25) is 0 Å². The Morgan fingerprint density at radius 2 is 1.88 bits per heavy atom. The van der Waals surface area contributed by atoms with Gasteiger partial charge in [0.05, 0.1) is 5.75 Å². The van der Waals surface area contributed by atoms with Crippen molar-refractivity contribution in [3.05, 3.63) is 35.7 Å². The predicted molar refractivity (Wildman–Crippen MR) is 95.9 cm³/mol. The van der Waals surface area contributed by atoms with Crippen molar-refractivity contribution in [1.29, 1.82) is 0 Å². The van der Waals surface area contributed by atoms with Crippen LogP contribution in [0.25, 0.3) is 0 Å². The highest BCUT2D eigenvalue weighted by Gasteiger charge is 2.21. The first-order valence-electron chi connectivity index (χ1n) is 8.49. The van der Waals surface area contributed by atoms with Crippen LogP contribution in [0.5, 0.6) is 0 Å². The molecule has 25 heavy (non-hydrogen) atoms. The third-order valence-electron chi connectivity index (χ3n) is 4.23. The summed E-state index contributed by atoms with van der Waals surface area (Å²) in [6.07, 6.45) is 5.91. The third-order valence-corrected chi connectivity index (χ3v) is 5.05. The van der Waals surface area contributed by atoms with Gasteiger partial charge in [0.1, 0.15) is 0 Å². The van der Waals surface area contributed by atoms with Crippen molar-refractivity contribution in [3.8, 4) is 0 Å². The van der Waals surface area contributed by atoms with E-state index in [1.54, 1.807) is 24.3 Å². The summed E-state index contributed by atoms with van der Waals surface area (Å²) in [4.78, 5) is 23.3. The Balaban J connectivity index is 1.53. The number of aromatic nitrogens is 2. The average Bonchev–Trinajstić information content (AvgIpc) is 3.10. The molecule has 1 N–H and O–H groups in total. The minimum absolute atomic E-state index is 0.0169. The van der Waals surface area contributed by atoms with Crippen LogP contribution >= 0.6 is 11.8 Å². The molecule has 0 spiro atoms. The van der Waals surface area contributed by atoms with Crippen LogP contribution in [-0.4, -0.2) is 27.6 Å². The minimum Gasteiger partial charge on any atom is -0.416 e. The van der Waals surface area contributed by atoms with Gasteiger partial charge in [-0.05, 0) is 37.1 Å². The fourth-order valence-electron chi connectivity index (χ4n) is 2.95. The van der Waals surface area contributed by atoms with Crippen molar-refractivity contribution in [2.75, 3.05) is 11.1 Å². The number of amides is 1. The van der Waals surface area contributed by atoms with E-state index in [-0.39, 0.29) is 17.4 Å². The maximum absolute atomic E-state index is 12.3. The summed E-state index contributed by atoms with van der Waals surface area (Å²) < 4.78 is 5.71. The summed E-state index contributed by atoms with van der Waals surface area (Å²) >= 11 is 1.26. The van der Waals surface area contributed by atoms with Crippen molar-refractivity contribution in [2.45, 2.75) is 50.2 Å². The summed E-state index contributed by atoms with van der Waals surface area (Å²) in [6, 6.07) is 6.84. The molecule has 7 heteroatoms. The monoisotopic (exact) mass is 359 g/mol. The van der Waals surface area contributed by atoms with E-state index in [1.807, 2.05) is 0 Å². The molecule has 1 heterocycles. The number of carbonyl (C=O) groups excluding carboxylic acids is 2. The largest absolute Gasteiger partial charge is 0.416 e. The Labute approximate surface area is 150 Å². The number of anilines is 1. The van der Waals surface area contributed by atoms with Crippen LogP contribution in [0.4, 0.5) is 5.69 Å². The quantitative estimate of drug-likeness (QED) is 0.618. The molecule has 6 nitrogen and oxygen atoms in total. The lowest BCUT2D eigenvalue weighted by molar-refractivity contribution is -0.114. The van der Waals surface area contributed by atoms with E-state index in [4.69, 9.17) is 4.42 Å². The Hall–Kier alpha value is -2.15. The lowest BCUT2D eigenvalue weighted by Gasteiger charge is -2.17. The van der Waals surface area contributed by atoms with E-state index < -0.39 is 0 Å². The first-order valence-corrected chi connectivity index (χ1v) is 9.47. The van der Waals surface area contributed by atoms with Crippen molar-refractivity contribution in [2.24, 2.45) is 0 Å². The molecule has 0 bridgehead atoms. The second-order valence-electron chi connectivity index (χ2n) is 6.21. The Bertz CT molecular complexity index is 736. The van der Waals surface area contributed by atoms with Gasteiger partial charge in [0.2, 0.25) is 11.8 Å². The molecule has 0 atom stereocenters. The highest BCUT2D eigenvalue weighted by molar-refractivity contribution is 7.99. The predicted octanol–water partition coefficient (Wildman–Crippen LogP) is 4.05. The molecule has 1 amide bonds. The first kappa shape index (κ1) is 17.7. The molecule has 1 saturated carbocycles. The third kappa shape index (κ3) is 4.92. The molecule has 0 radical (unpaired) electrons. The number of nitrogens with one attached hydrogen (secondary N) is 1. The molecule has 0 unspecified atom stereocenters. The summed E-state index contributed by atoms with van der Waals surface area (Å²) in [5.41, 5.74) is 1.26. The summed E-state index contributed by atoms with van der Waals surface area (Å²) in [5.74, 6) is 1.16. The van der Waals surface area contributed by atoms with Crippen molar-refractivity contribution in [3.63, 3.8) is 0 Å². The van der Waals surface area contributed by atoms with Gasteiger partial charge in [0.15, 0.2) is 5.78 Å². The SMILES string of the molecule is CC(=O)Nc1ccc(C(=O)CSc2nnc(C3CCCCC3)o2)cc1. The van der Waals surface area contributed by atoms with Gasteiger partial charge in [0, 0.05) is 24.1 Å². The molecule has 2 aromatic rings. The molecular formula is C18H21N3O3S. The highest BCUT2D eigenvalue weighted by Crippen LogP contribution is 2.33. The molecule has 0 aliphatic heterocycles. The van der Waals surface area contributed by atoms with Crippen molar-refractivity contribution < 1.29 is 14.0 Å². The van der Waals surface area contributed by atoms with Crippen LogP contribution in [-0.2, 0) is 4.79 Å². The number of thioether (sulfide) groups is 1. The average molecular weight is 359 g/mol. The number of hydrogen-bond donors (Lipinski definition) is 1. The standard InChI is InChI=1S/C18H21N3O3S/c1-12(22)19-15-9-7-13(8-10-15)16(23)11-25-18-21-20-17(24-18)14-5-3-2-4-6-14/h7-10,14H,2-6,11H2,1H3,(H,19,22). The molecule has 3 rings (SSSR count). The number of rotatable bonds is 6. The van der Waals surface area contributed by atoms with E-state index in [0.717, 1.165) is 12.8 Å². The number of benzene rings is 1. The molecule has 1 aliphatic carbocycles. The fourth-order valence-corrected chi connectivity index (χ4v) is 3.61. The Kier molecular flexibility index (Phi) is 5.86. The van der Waals surface area contributed by atoms with Gasteiger partial charge in [-0.1, -0.05) is 31.0 Å². The van der Waals surface area contributed by atoms with Crippen LogP contribution in [0.1, 0.15) is 61.2 Å². The van der Waals surface area contributed by atoms with Crippen LogP contribution in [0.3, 0.4) is 0 Å². The number of Topliss-reactive ketones (excluding diaryl/α,β-unsaturated/α-hetero) is 1. The highest BCUT2D eigenvalue weighted by atomic mass is 32.2. The zero-order valence-corrected chi connectivity index (χ0v) is 15.0. The zero-order chi connectivity index (χ0) is 17.6. The lowest BCUT2D eigenvalue weighted by Crippen LogP contribution is -2.07. The fraction of sp³-hybridized carbons (Fsp3) is 0.444. The molecule has 1 aromatic heterocycles. The molecule has 132 valence electrons. The summed E-state index contributed by atoms with van der Waals surface area (Å²) in [6.45, 7) is 1.45. The molecule has 1 fully saturated rings. The van der Waals surface area contributed by atoms with Crippen molar-refractivity contribution >= 4 is 29.1 Å². The normalized spacial score (nSPS) is 15.1. The maximum atomic E-state index is 12.3. The van der Waals surface area contributed by atoms with Gasteiger partial charge in [-0.25, -0.2) is 0 Å². The number of ketones is 1.